The fourth-order valence-corrected chi connectivity index (χ4v) is 3.80. The molecule has 114 valence electrons. The number of aldehydes is 1. The zero-order valence-corrected chi connectivity index (χ0v) is 12.8. The summed E-state index contributed by atoms with van der Waals surface area (Å²) in [7, 11) is 0. The van der Waals surface area contributed by atoms with Crippen LogP contribution in [0.1, 0.15) is 52.9 Å². The maximum Gasteiger partial charge on any atom is 0.166 e. The van der Waals surface area contributed by atoms with Crippen LogP contribution in [-0.2, 0) is 19.0 Å². The first-order valence-corrected chi connectivity index (χ1v) is 7.86. The van der Waals surface area contributed by atoms with E-state index in [0.717, 1.165) is 25.0 Å². The monoisotopic (exact) mass is 282 g/mol. The van der Waals surface area contributed by atoms with Crippen molar-refractivity contribution in [2.45, 2.75) is 76.5 Å². The predicted molar refractivity (Wildman–Crippen MR) is 74.3 cm³/mol. The van der Waals surface area contributed by atoms with E-state index in [1.165, 1.54) is 19.3 Å². The molecule has 0 aromatic heterocycles. The van der Waals surface area contributed by atoms with Gasteiger partial charge in [-0.3, -0.25) is 0 Å². The molecule has 20 heavy (non-hydrogen) atoms. The maximum absolute atomic E-state index is 11.3. The number of hydrogen-bond acceptors (Lipinski definition) is 4. The van der Waals surface area contributed by atoms with Gasteiger partial charge in [-0.15, -0.1) is 0 Å². The minimum atomic E-state index is -0.487. The van der Waals surface area contributed by atoms with Crippen molar-refractivity contribution in [1.82, 2.24) is 0 Å². The van der Waals surface area contributed by atoms with Crippen LogP contribution in [-0.4, -0.2) is 36.5 Å². The second-order valence-electron chi connectivity index (χ2n) is 7.45. The van der Waals surface area contributed by atoms with E-state index in [1.807, 2.05) is 20.8 Å². The first-order chi connectivity index (χ1) is 9.41. The van der Waals surface area contributed by atoms with E-state index in [1.54, 1.807) is 0 Å². The Hall–Kier alpha value is -0.450. The highest BCUT2D eigenvalue weighted by Crippen LogP contribution is 2.42. The van der Waals surface area contributed by atoms with Gasteiger partial charge in [0.2, 0.25) is 0 Å². The molecular weight excluding hydrogens is 256 g/mol. The summed E-state index contributed by atoms with van der Waals surface area (Å²) in [4.78, 5) is 11.3. The summed E-state index contributed by atoms with van der Waals surface area (Å²) in [6.45, 7) is 6.63. The van der Waals surface area contributed by atoms with Gasteiger partial charge in [-0.1, -0.05) is 19.3 Å². The highest BCUT2D eigenvalue weighted by atomic mass is 16.8. The van der Waals surface area contributed by atoms with Crippen LogP contribution in [0.3, 0.4) is 0 Å². The predicted octanol–water partition coefficient (Wildman–Crippen LogP) is 2.69. The van der Waals surface area contributed by atoms with Crippen LogP contribution in [0.15, 0.2) is 0 Å². The summed E-state index contributed by atoms with van der Waals surface area (Å²) in [5.74, 6) is 0.172. The average Bonchev–Trinajstić information content (AvgIpc) is 2.85. The maximum atomic E-state index is 11.3. The molecule has 1 saturated carbocycles. The second kappa shape index (κ2) is 5.08. The first kappa shape index (κ1) is 14.5. The number of carbonyl (C=O) groups excluding carboxylic acids is 1. The van der Waals surface area contributed by atoms with Gasteiger partial charge in [-0.05, 0) is 33.1 Å². The fraction of sp³-hybridized carbons (Fsp3) is 0.938. The van der Waals surface area contributed by atoms with Gasteiger partial charge in [0.1, 0.15) is 12.4 Å². The van der Waals surface area contributed by atoms with E-state index in [9.17, 15) is 4.79 Å². The summed E-state index contributed by atoms with van der Waals surface area (Å²) >= 11 is 0. The second-order valence-corrected chi connectivity index (χ2v) is 7.45. The summed E-state index contributed by atoms with van der Waals surface area (Å²) in [5.41, 5.74) is -0.243. The van der Waals surface area contributed by atoms with Crippen molar-refractivity contribution in [3.8, 4) is 0 Å². The smallest absolute Gasteiger partial charge is 0.166 e. The molecule has 0 spiro atoms. The fourth-order valence-electron chi connectivity index (χ4n) is 3.80. The zero-order chi connectivity index (χ0) is 14.4. The van der Waals surface area contributed by atoms with Crippen molar-refractivity contribution in [1.29, 1.82) is 0 Å². The molecule has 0 amide bonds. The minimum Gasteiger partial charge on any atom is -0.369 e. The number of carbonyl (C=O) groups is 1. The van der Waals surface area contributed by atoms with Crippen LogP contribution in [0.25, 0.3) is 0 Å². The Morgan fingerprint density at radius 3 is 2.55 bits per heavy atom. The van der Waals surface area contributed by atoms with E-state index in [2.05, 4.69) is 0 Å². The SMILES string of the molecule is CC1(C)C[C@H](C=O)[C@@H]([C@@H]2COC(C)(CC3CCC3)O2)O1. The Morgan fingerprint density at radius 1 is 1.20 bits per heavy atom. The van der Waals surface area contributed by atoms with Gasteiger partial charge in [0.25, 0.3) is 0 Å². The third kappa shape index (κ3) is 2.78. The van der Waals surface area contributed by atoms with Gasteiger partial charge in [0.15, 0.2) is 5.79 Å². The van der Waals surface area contributed by atoms with E-state index in [4.69, 9.17) is 14.2 Å². The lowest BCUT2D eigenvalue weighted by atomic mass is 9.81. The van der Waals surface area contributed by atoms with Gasteiger partial charge >= 0.3 is 0 Å². The third-order valence-electron chi connectivity index (χ3n) is 4.98. The Kier molecular flexibility index (Phi) is 3.68. The Bertz CT molecular complexity index is 377. The van der Waals surface area contributed by atoms with Crippen LogP contribution in [0, 0.1) is 11.8 Å². The lowest BCUT2D eigenvalue weighted by Gasteiger charge is -2.33. The van der Waals surface area contributed by atoms with Gasteiger partial charge in [0, 0.05) is 12.3 Å². The zero-order valence-electron chi connectivity index (χ0n) is 12.8. The van der Waals surface area contributed by atoms with E-state index >= 15 is 0 Å². The van der Waals surface area contributed by atoms with E-state index < -0.39 is 5.79 Å². The Morgan fingerprint density at radius 2 is 1.95 bits per heavy atom. The third-order valence-corrected chi connectivity index (χ3v) is 4.98. The standard InChI is InChI=1S/C16H26O4/c1-15(2)8-12(9-17)14(20-15)13-10-18-16(3,19-13)7-11-5-4-6-11/h9,11-14H,4-8,10H2,1-3H3/t12-,13+,14+,16?/m1/s1. The van der Waals surface area contributed by atoms with Crippen molar-refractivity contribution in [3.05, 3.63) is 0 Å². The average molecular weight is 282 g/mol. The van der Waals surface area contributed by atoms with E-state index in [0.29, 0.717) is 6.61 Å². The number of ether oxygens (including phenoxy) is 3. The number of hydrogen-bond donors (Lipinski definition) is 0. The van der Waals surface area contributed by atoms with Crippen molar-refractivity contribution in [3.63, 3.8) is 0 Å². The Balaban J connectivity index is 1.62. The molecule has 0 radical (unpaired) electrons. The van der Waals surface area contributed by atoms with Crippen LogP contribution in [0.2, 0.25) is 0 Å². The van der Waals surface area contributed by atoms with Gasteiger partial charge in [0.05, 0.1) is 18.3 Å². The Labute approximate surface area is 121 Å². The van der Waals surface area contributed by atoms with Crippen LogP contribution in [0.4, 0.5) is 0 Å². The highest BCUT2D eigenvalue weighted by molar-refractivity contribution is 5.55. The molecule has 0 N–H and O–H groups in total. The molecule has 0 bridgehead atoms. The van der Waals surface area contributed by atoms with Crippen molar-refractivity contribution in [2.24, 2.45) is 11.8 Å². The van der Waals surface area contributed by atoms with E-state index in [-0.39, 0.29) is 23.7 Å². The van der Waals surface area contributed by atoms with Crippen molar-refractivity contribution in [2.75, 3.05) is 6.61 Å². The van der Waals surface area contributed by atoms with Crippen LogP contribution < -0.4 is 0 Å². The molecule has 3 rings (SSSR count). The van der Waals surface area contributed by atoms with Gasteiger partial charge in [-0.25, -0.2) is 0 Å². The normalized spacial score (nSPS) is 44.5. The first-order valence-electron chi connectivity index (χ1n) is 7.86. The quantitative estimate of drug-likeness (QED) is 0.744. The van der Waals surface area contributed by atoms with Gasteiger partial charge in [-0.2, -0.15) is 0 Å². The summed E-state index contributed by atoms with van der Waals surface area (Å²) < 4.78 is 18.1. The molecule has 0 aromatic carbocycles. The lowest BCUT2D eigenvalue weighted by Crippen LogP contribution is -2.38. The molecule has 4 nitrogen and oxygen atoms in total. The minimum absolute atomic E-state index is 0.0790. The van der Waals surface area contributed by atoms with Crippen molar-refractivity contribution >= 4 is 6.29 Å². The lowest BCUT2D eigenvalue weighted by molar-refractivity contribution is -0.187. The molecule has 1 unspecified atom stereocenters. The number of rotatable bonds is 4. The van der Waals surface area contributed by atoms with Crippen LogP contribution >= 0.6 is 0 Å². The molecule has 2 heterocycles. The summed E-state index contributed by atoms with van der Waals surface area (Å²) in [6.07, 6.45) is 6.38. The molecular formula is C16H26O4. The molecule has 2 saturated heterocycles. The molecule has 4 heteroatoms. The van der Waals surface area contributed by atoms with Crippen molar-refractivity contribution < 1.29 is 19.0 Å². The molecule has 2 aliphatic heterocycles. The highest BCUT2D eigenvalue weighted by Gasteiger charge is 2.50. The van der Waals surface area contributed by atoms with Gasteiger partial charge < -0.3 is 19.0 Å². The molecule has 1 aliphatic carbocycles. The largest absolute Gasteiger partial charge is 0.369 e. The molecule has 3 aliphatic rings. The summed E-state index contributed by atoms with van der Waals surface area (Å²) in [5, 5.41) is 0. The summed E-state index contributed by atoms with van der Waals surface area (Å²) in [6, 6.07) is 0. The van der Waals surface area contributed by atoms with Crippen LogP contribution in [0.5, 0.6) is 0 Å². The molecule has 3 fully saturated rings. The topological polar surface area (TPSA) is 44.8 Å². The molecule has 4 atom stereocenters. The molecule has 0 aromatic rings.